The molecule has 13 heteroatoms. The molecular weight excluding hydrogens is 576 g/mol. The Morgan fingerprint density at radius 3 is 2.35 bits per heavy atom. The fraction of sp³-hybridized carbons (Fsp3) is 0.407. The Balaban J connectivity index is 1.35. The van der Waals surface area contributed by atoms with Crippen LogP contribution in [0.25, 0.3) is 5.69 Å². The number of aromatic nitrogens is 2. The van der Waals surface area contributed by atoms with Crippen molar-refractivity contribution in [3.05, 3.63) is 75.7 Å². The van der Waals surface area contributed by atoms with Gasteiger partial charge >= 0.3 is 5.56 Å². The summed E-state index contributed by atoms with van der Waals surface area (Å²) < 4.78 is 58.9. The summed E-state index contributed by atoms with van der Waals surface area (Å²) in [5, 5.41) is 4.86. The van der Waals surface area contributed by atoms with Crippen LogP contribution in [0.4, 0.5) is 5.69 Å². The average Bonchev–Trinajstić information content (AvgIpc) is 3.64. The van der Waals surface area contributed by atoms with Gasteiger partial charge in [-0.2, -0.15) is 14.1 Å². The third kappa shape index (κ3) is 6.35. The van der Waals surface area contributed by atoms with Crippen molar-refractivity contribution >= 4 is 37.1 Å². The molecule has 0 unspecified atom stereocenters. The first-order valence-electron chi connectivity index (χ1n) is 12.9. The molecule has 2 aromatic carbocycles. The molecule has 2 aliphatic rings. The molecule has 0 spiro atoms. The van der Waals surface area contributed by atoms with Gasteiger partial charge in [0.25, 0.3) is 0 Å². The van der Waals surface area contributed by atoms with Gasteiger partial charge in [-0.05, 0) is 48.7 Å². The standard InChI is InChI=1S/C27H31ClN4O6S2/c1-27(9-10-27)19-38-25-24(17-29-32(26(25)33)22-7-4-6-21(28)16-22)30-11-13-31(14-12-30)40(36,37)18-20-5-3-8-23(15-20)39(2,34)35/h3-8,15-17H,9-14,18-19H2,1-2H3. The van der Waals surface area contributed by atoms with Gasteiger partial charge in [0.1, 0.15) is 5.69 Å². The smallest absolute Gasteiger partial charge is 0.316 e. The Morgan fingerprint density at radius 1 is 1.00 bits per heavy atom. The minimum absolute atomic E-state index is 0.0368. The van der Waals surface area contributed by atoms with Crippen LogP contribution >= 0.6 is 11.6 Å². The van der Waals surface area contributed by atoms with Crippen molar-refractivity contribution in [2.24, 2.45) is 5.41 Å². The summed E-state index contributed by atoms with van der Waals surface area (Å²) in [6.45, 7) is 3.57. The van der Waals surface area contributed by atoms with Crippen LogP contribution < -0.4 is 15.2 Å². The minimum Gasteiger partial charge on any atom is -0.486 e. The quantitative estimate of drug-likeness (QED) is 0.365. The fourth-order valence-corrected chi connectivity index (χ4v) is 6.94. The minimum atomic E-state index is -3.70. The Hall–Kier alpha value is -2.93. The van der Waals surface area contributed by atoms with Gasteiger partial charge in [0.05, 0.1) is 29.1 Å². The molecule has 1 saturated carbocycles. The number of sulfone groups is 1. The maximum atomic E-state index is 13.6. The van der Waals surface area contributed by atoms with Crippen molar-refractivity contribution in [2.45, 2.75) is 30.4 Å². The lowest BCUT2D eigenvalue weighted by atomic mass is 10.2. The normalized spacial score (nSPS) is 17.5. The molecule has 1 aliphatic carbocycles. The fourth-order valence-electron chi connectivity index (χ4n) is 4.56. The van der Waals surface area contributed by atoms with E-state index in [4.69, 9.17) is 16.3 Å². The first kappa shape index (κ1) is 28.6. The highest BCUT2D eigenvalue weighted by Gasteiger charge is 2.39. The molecule has 1 aromatic heterocycles. The molecule has 40 heavy (non-hydrogen) atoms. The second kappa shape index (κ2) is 10.8. The van der Waals surface area contributed by atoms with Crippen LogP contribution in [0.1, 0.15) is 25.3 Å². The zero-order valence-corrected chi connectivity index (χ0v) is 24.7. The van der Waals surface area contributed by atoms with Crippen LogP contribution in [-0.4, -0.2) is 70.0 Å². The number of rotatable bonds is 9. The predicted octanol–water partition coefficient (Wildman–Crippen LogP) is 3.12. The molecule has 3 aromatic rings. The number of piperazine rings is 1. The van der Waals surface area contributed by atoms with Crippen LogP contribution in [-0.2, 0) is 25.6 Å². The van der Waals surface area contributed by atoms with Gasteiger partial charge in [0.15, 0.2) is 9.84 Å². The van der Waals surface area contributed by atoms with E-state index in [1.807, 2.05) is 4.90 Å². The SMILES string of the molecule is CC1(COc2c(N3CCN(S(=O)(=O)Cc4cccc(S(C)(=O)=O)c4)CC3)cnn(-c3cccc(Cl)c3)c2=O)CC1. The molecule has 214 valence electrons. The van der Waals surface area contributed by atoms with Crippen molar-refractivity contribution in [3.63, 3.8) is 0 Å². The van der Waals surface area contributed by atoms with E-state index in [0.29, 0.717) is 41.7 Å². The van der Waals surface area contributed by atoms with Crippen LogP contribution in [0.2, 0.25) is 5.02 Å². The van der Waals surface area contributed by atoms with Crippen LogP contribution in [0.15, 0.2) is 64.4 Å². The molecule has 2 heterocycles. The van der Waals surface area contributed by atoms with Gasteiger partial charge < -0.3 is 9.64 Å². The van der Waals surface area contributed by atoms with E-state index in [9.17, 15) is 21.6 Å². The van der Waals surface area contributed by atoms with Gasteiger partial charge in [-0.3, -0.25) is 4.79 Å². The molecule has 2 fully saturated rings. The molecule has 5 rings (SSSR count). The highest BCUT2D eigenvalue weighted by Crippen LogP contribution is 2.45. The Kier molecular flexibility index (Phi) is 7.73. The highest BCUT2D eigenvalue weighted by atomic mass is 35.5. The zero-order valence-electron chi connectivity index (χ0n) is 22.3. The van der Waals surface area contributed by atoms with Crippen molar-refractivity contribution in [3.8, 4) is 11.4 Å². The Bertz CT molecular complexity index is 1700. The van der Waals surface area contributed by atoms with Gasteiger partial charge in [0, 0.05) is 42.9 Å². The number of benzene rings is 2. The number of ether oxygens (including phenoxy) is 1. The molecule has 0 amide bonds. The summed E-state index contributed by atoms with van der Waals surface area (Å²) >= 11 is 6.14. The summed E-state index contributed by atoms with van der Waals surface area (Å²) in [7, 11) is -7.16. The number of hydrogen-bond donors (Lipinski definition) is 0. The number of sulfonamides is 1. The van der Waals surface area contributed by atoms with E-state index in [1.165, 1.54) is 21.1 Å². The highest BCUT2D eigenvalue weighted by molar-refractivity contribution is 7.90. The number of hydrogen-bond acceptors (Lipinski definition) is 8. The molecular formula is C27H31ClN4O6S2. The summed E-state index contributed by atoms with van der Waals surface area (Å²) in [5.74, 6) is -0.127. The first-order chi connectivity index (χ1) is 18.8. The monoisotopic (exact) mass is 606 g/mol. The lowest BCUT2D eigenvalue weighted by Crippen LogP contribution is -2.49. The van der Waals surface area contributed by atoms with Crippen molar-refractivity contribution in [1.29, 1.82) is 0 Å². The van der Waals surface area contributed by atoms with E-state index >= 15 is 0 Å². The predicted molar refractivity (Wildman–Crippen MR) is 154 cm³/mol. The lowest BCUT2D eigenvalue weighted by molar-refractivity contribution is 0.242. The first-order valence-corrected chi connectivity index (χ1v) is 16.8. The molecule has 0 N–H and O–H groups in total. The average molecular weight is 607 g/mol. The number of anilines is 1. The van der Waals surface area contributed by atoms with Gasteiger partial charge in [0.2, 0.25) is 15.8 Å². The molecule has 0 radical (unpaired) electrons. The molecule has 0 atom stereocenters. The molecule has 10 nitrogen and oxygen atoms in total. The maximum Gasteiger partial charge on any atom is 0.316 e. The van der Waals surface area contributed by atoms with Crippen LogP contribution in [0.3, 0.4) is 0 Å². The van der Waals surface area contributed by atoms with Crippen molar-refractivity contribution in [2.75, 3.05) is 43.9 Å². The van der Waals surface area contributed by atoms with Crippen molar-refractivity contribution < 1.29 is 21.6 Å². The van der Waals surface area contributed by atoms with Crippen molar-refractivity contribution in [1.82, 2.24) is 14.1 Å². The second-order valence-electron chi connectivity index (χ2n) is 10.7. The van der Waals surface area contributed by atoms with E-state index in [2.05, 4.69) is 12.0 Å². The van der Waals surface area contributed by atoms with E-state index in [0.717, 1.165) is 19.1 Å². The summed E-state index contributed by atoms with van der Waals surface area (Å²) in [6.07, 6.45) is 4.72. The molecule has 1 saturated heterocycles. The van der Waals surface area contributed by atoms with Gasteiger partial charge in [-0.25, -0.2) is 16.8 Å². The summed E-state index contributed by atoms with van der Waals surface area (Å²) in [6, 6.07) is 12.8. The molecule has 0 bridgehead atoms. The maximum absolute atomic E-state index is 13.6. The van der Waals surface area contributed by atoms with E-state index in [1.54, 1.807) is 42.6 Å². The van der Waals surface area contributed by atoms with E-state index < -0.39 is 25.4 Å². The summed E-state index contributed by atoms with van der Waals surface area (Å²) in [4.78, 5) is 15.6. The van der Waals surface area contributed by atoms with Crippen LogP contribution in [0.5, 0.6) is 5.75 Å². The van der Waals surface area contributed by atoms with Crippen LogP contribution in [0, 0.1) is 5.41 Å². The Labute approximate surface area is 239 Å². The number of halogens is 1. The third-order valence-corrected chi connectivity index (χ3v) is 10.5. The molecule has 1 aliphatic heterocycles. The third-order valence-electron chi connectivity index (χ3n) is 7.28. The number of nitrogens with zero attached hydrogens (tertiary/aromatic N) is 4. The second-order valence-corrected chi connectivity index (χ2v) is 15.1. The Morgan fingerprint density at radius 2 is 1.70 bits per heavy atom. The van der Waals surface area contributed by atoms with E-state index in [-0.39, 0.29) is 34.9 Å². The van der Waals surface area contributed by atoms with Gasteiger partial charge in [-0.15, -0.1) is 0 Å². The van der Waals surface area contributed by atoms with Gasteiger partial charge in [-0.1, -0.05) is 36.7 Å². The topological polar surface area (TPSA) is 119 Å². The zero-order chi connectivity index (χ0) is 28.7. The largest absolute Gasteiger partial charge is 0.486 e. The lowest BCUT2D eigenvalue weighted by Gasteiger charge is -2.35. The summed E-state index contributed by atoms with van der Waals surface area (Å²) in [5.41, 5.74) is 1.07.